The molecule has 0 spiro atoms. The second-order valence-electron chi connectivity index (χ2n) is 10.1. The fraction of sp³-hybridized carbons (Fsp3) is 0.652. The van der Waals surface area contributed by atoms with E-state index >= 15 is 0 Å². The molecule has 1 saturated carbocycles. The molecule has 1 aliphatic carbocycles. The van der Waals surface area contributed by atoms with E-state index in [2.05, 4.69) is 5.32 Å². The number of para-hydroxylation sites is 1. The zero-order valence-corrected chi connectivity index (χ0v) is 18.7. The highest BCUT2D eigenvalue weighted by atomic mass is 16.6. The van der Waals surface area contributed by atoms with Crippen LogP contribution in [-0.2, 0) is 9.53 Å². The van der Waals surface area contributed by atoms with Gasteiger partial charge in [0, 0.05) is 19.0 Å². The van der Waals surface area contributed by atoms with Crippen molar-refractivity contribution in [3.05, 3.63) is 29.3 Å². The summed E-state index contributed by atoms with van der Waals surface area (Å²) in [6.07, 6.45) is -0.286. The van der Waals surface area contributed by atoms with E-state index in [0.29, 0.717) is 19.7 Å². The van der Waals surface area contributed by atoms with Crippen LogP contribution >= 0.6 is 0 Å². The fourth-order valence-corrected chi connectivity index (χ4v) is 4.12. The minimum atomic E-state index is -0.500. The topological polar surface area (TPSA) is 67.9 Å². The summed E-state index contributed by atoms with van der Waals surface area (Å²) in [6.45, 7) is 15.2. The first-order valence-electron chi connectivity index (χ1n) is 10.4. The molecular weight excluding hydrogens is 368 g/mol. The maximum absolute atomic E-state index is 12.8. The molecule has 1 aromatic carbocycles. The van der Waals surface area contributed by atoms with Crippen molar-refractivity contribution in [1.29, 1.82) is 0 Å². The lowest BCUT2D eigenvalue weighted by Crippen LogP contribution is -2.49. The van der Waals surface area contributed by atoms with Gasteiger partial charge in [0.1, 0.15) is 18.0 Å². The number of likely N-dealkylation sites (tertiary alicyclic amines) is 1. The third kappa shape index (κ3) is 5.03. The first kappa shape index (κ1) is 21.5. The van der Waals surface area contributed by atoms with Gasteiger partial charge >= 0.3 is 6.09 Å². The van der Waals surface area contributed by atoms with Crippen LogP contribution < -0.4 is 10.1 Å². The Balaban J connectivity index is 1.49. The SMILES string of the molecule is Cc1cccc(C)c1OCC(C)(C)NC(=O)C1[C@H]2CN(C(=O)OC(C)(C)C)C[C@@H]12. The van der Waals surface area contributed by atoms with E-state index in [1.54, 1.807) is 4.90 Å². The van der Waals surface area contributed by atoms with Gasteiger partial charge in [-0.15, -0.1) is 0 Å². The summed E-state index contributed by atoms with van der Waals surface area (Å²) in [5.41, 5.74) is 1.20. The van der Waals surface area contributed by atoms with Crippen molar-refractivity contribution >= 4 is 12.0 Å². The number of fused-ring (bicyclic) bond motifs is 1. The normalized spacial score (nSPS) is 23.4. The second kappa shape index (κ2) is 7.54. The minimum absolute atomic E-state index is 0.0202. The maximum atomic E-state index is 12.8. The van der Waals surface area contributed by atoms with Gasteiger partial charge in [-0.3, -0.25) is 4.79 Å². The van der Waals surface area contributed by atoms with E-state index in [4.69, 9.17) is 9.47 Å². The number of aryl methyl sites for hydroxylation is 2. The average molecular weight is 403 g/mol. The lowest BCUT2D eigenvalue weighted by molar-refractivity contribution is -0.125. The molecule has 0 bridgehead atoms. The van der Waals surface area contributed by atoms with E-state index in [1.807, 2.05) is 66.7 Å². The molecule has 3 atom stereocenters. The van der Waals surface area contributed by atoms with Crippen LogP contribution in [0.4, 0.5) is 4.79 Å². The van der Waals surface area contributed by atoms with E-state index in [9.17, 15) is 9.59 Å². The van der Waals surface area contributed by atoms with E-state index in [0.717, 1.165) is 16.9 Å². The van der Waals surface area contributed by atoms with Gasteiger partial charge in [-0.2, -0.15) is 0 Å². The molecule has 6 nitrogen and oxygen atoms in total. The van der Waals surface area contributed by atoms with Crippen LogP contribution in [-0.4, -0.2) is 47.7 Å². The summed E-state index contributed by atoms with van der Waals surface area (Å²) < 4.78 is 11.5. The van der Waals surface area contributed by atoms with Gasteiger partial charge < -0.3 is 19.7 Å². The van der Waals surface area contributed by atoms with Crippen molar-refractivity contribution in [3.63, 3.8) is 0 Å². The Labute approximate surface area is 173 Å². The van der Waals surface area contributed by atoms with Gasteiger partial charge in [-0.25, -0.2) is 4.79 Å². The summed E-state index contributed by atoms with van der Waals surface area (Å²) in [7, 11) is 0. The van der Waals surface area contributed by atoms with E-state index in [-0.39, 0.29) is 29.8 Å². The number of ether oxygens (including phenoxy) is 2. The predicted molar refractivity (Wildman–Crippen MR) is 112 cm³/mol. The molecule has 0 radical (unpaired) electrons. The first-order valence-corrected chi connectivity index (χ1v) is 10.4. The lowest BCUT2D eigenvalue weighted by atomic mass is 10.1. The monoisotopic (exact) mass is 402 g/mol. The van der Waals surface area contributed by atoms with Gasteiger partial charge in [-0.05, 0) is 71.4 Å². The average Bonchev–Trinajstić information content (AvgIpc) is 3.07. The zero-order chi connectivity index (χ0) is 21.6. The van der Waals surface area contributed by atoms with Crippen LogP contribution in [0, 0.1) is 31.6 Å². The summed E-state index contributed by atoms with van der Waals surface area (Å²) >= 11 is 0. The summed E-state index contributed by atoms with van der Waals surface area (Å²) in [5, 5.41) is 3.14. The number of hydrogen-bond donors (Lipinski definition) is 1. The Bertz CT molecular complexity index is 764. The Morgan fingerprint density at radius 1 is 1.07 bits per heavy atom. The third-order valence-corrected chi connectivity index (χ3v) is 5.60. The van der Waals surface area contributed by atoms with E-state index in [1.165, 1.54) is 0 Å². The highest BCUT2D eigenvalue weighted by Gasteiger charge is 2.61. The molecule has 1 heterocycles. The van der Waals surface area contributed by atoms with E-state index < -0.39 is 11.1 Å². The number of benzene rings is 1. The molecule has 29 heavy (non-hydrogen) atoms. The van der Waals surface area contributed by atoms with Gasteiger partial charge in [0.2, 0.25) is 5.91 Å². The number of nitrogens with zero attached hydrogens (tertiary/aromatic N) is 1. The third-order valence-electron chi connectivity index (χ3n) is 5.60. The summed E-state index contributed by atoms with van der Waals surface area (Å²) in [6, 6.07) is 6.06. The molecule has 160 valence electrons. The molecule has 2 fully saturated rings. The van der Waals surface area contributed by atoms with Crippen LogP contribution in [0.5, 0.6) is 5.75 Å². The molecule has 3 rings (SSSR count). The fourth-order valence-electron chi connectivity index (χ4n) is 4.12. The molecule has 2 aliphatic rings. The number of nitrogens with one attached hydrogen (secondary N) is 1. The van der Waals surface area contributed by atoms with Gasteiger partial charge in [-0.1, -0.05) is 18.2 Å². The number of carbonyl (C=O) groups is 2. The molecule has 1 unspecified atom stereocenters. The van der Waals surface area contributed by atoms with Gasteiger partial charge in [0.05, 0.1) is 5.54 Å². The number of carbonyl (C=O) groups excluding carboxylic acids is 2. The quantitative estimate of drug-likeness (QED) is 0.816. The van der Waals surface area contributed by atoms with Gasteiger partial charge in [0.15, 0.2) is 0 Å². The molecule has 1 N–H and O–H groups in total. The van der Waals surface area contributed by atoms with Crippen molar-refractivity contribution in [1.82, 2.24) is 10.2 Å². The van der Waals surface area contributed by atoms with Crippen molar-refractivity contribution in [3.8, 4) is 5.75 Å². The molecule has 1 saturated heterocycles. The molecule has 1 aromatic rings. The highest BCUT2D eigenvalue weighted by Crippen LogP contribution is 2.52. The Hall–Kier alpha value is -2.24. The number of hydrogen-bond acceptors (Lipinski definition) is 4. The van der Waals surface area contributed by atoms with Crippen LogP contribution in [0.2, 0.25) is 0 Å². The smallest absolute Gasteiger partial charge is 0.410 e. The Morgan fingerprint density at radius 3 is 2.14 bits per heavy atom. The van der Waals surface area contributed by atoms with Gasteiger partial charge in [0.25, 0.3) is 0 Å². The second-order valence-corrected chi connectivity index (χ2v) is 10.1. The van der Waals surface area contributed by atoms with Crippen molar-refractivity contribution in [2.75, 3.05) is 19.7 Å². The highest BCUT2D eigenvalue weighted by molar-refractivity contribution is 5.84. The Morgan fingerprint density at radius 2 is 1.62 bits per heavy atom. The predicted octanol–water partition coefficient (Wildman–Crippen LogP) is 3.69. The number of amides is 2. The van der Waals surface area contributed by atoms with Crippen LogP contribution in [0.3, 0.4) is 0 Å². The standard InChI is InChI=1S/C23H34N2O4/c1-14-9-8-10-15(2)19(14)28-13-23(6,7)24-20(26)18-16-11-25(12-17(16)18)21(27)29-22(3,4)5/h8-10,16-18H,11-13H2,1-7H3,(H,24,26)/t16-,17+,18?. The van der Waals surface area contributed by atoms with Crippen LogP contribution in [0.15, 0.2) is 18.2 Å². The number of rotatable bonds is 5. The molecule has 0 aromatic heterocycles. The molecular formula is C23H34N2O4. The lowest BCUT2D eigenvalue weighted by Gasteiger charge is -2.28. The molecule has 2 amide bonds. The summed E-state index contributed by atoms with van der Waals surface area (Å²) in [4.78, 5) is 26.7. The minimum Gasteiger partial charge on any atom is -0.491 e. The summed E-state index contributed by atoms with van der Waals surface area (Å²) in [5.74, 6) is 1.38. The molecule has 6 heteroatoms. The van der Waals surface area contributed by atoms with Crippen LogP contribution in [0.25, 0.3) is 0 Å². The van der Waals surface area contributed by atoms with Crippen molar-refractivity contribution in [2.45, 2.75) is 59.6 Å². The zero-order valence-electron chi connectivity index (χ0n) is 18.7. The van der Waals surface area contributed by atoms with Crippen molar-refractivity contribution < 1.29 is 19.1 Å². The number of piperidine rings is 1. The van der Waals surface area contributed by atoms with Crippen LogP contribution in [0.1, 0.15) is 45.7 Å². The first-order chi connectivity index (χ1) is 13.4. The Kier molecular flexibility index (Phi) is 5.58. The van der Waals surface area contributed by atoms with Crippen molar-refractivity contribution in [2.24, 2.45) is 17.8 Å². The molecule has 1 aliphatic heterocycles. The largest absolute Gasteiger partial charge is 0.491 e. The maximum Gasteiger partial charge on any atom is 0.410 e.